The Hall–Kier alpha value is -0.200. The van der Waals surface area contributed by atoms with Gasteiger partial charge in [0.05, 0.1) is 52.4 Å². The number of nitrogens with two attached hydrogens (primary N) is 3. The van der Waals surface area contributed by atoms with Crippen LogP contribution in [0.1, 0.15) is 25.7 Å². The molecule has 0 spiro atoms. The zero-order valence-corrected chi connectivity index (χ0v) is 11.6. The van der Waals surface area contributed by atoms with Crippen LogP contribution in [0.5, 0.6) is 0 Å². The van der Waals surface area contributed by atoms with Crippen LogP contribution in [0.2, 0.25) is 0 Å². The van der Waals surface area contributed by atoms with E-state index >= 15 is 0 Å². The second-order valence-electron chi connectivity index (χ2n) is 4.72. The highest BCUT2D eigenvalue weighted by atomic mass is 14.9. The zero-order valence-electron chi connectivity index (χ0n) is 11.6. The molecule has 5 nitrogen and oxygen atoms in total. The number of hydrogen-bond donors (Lipinski definition) is 5. The van der Waals surface area contributed by atoms with E-state index in [9.17, 15) is 0 Å². The molecule has 17 heavy (non-hydrogen) atoms. The topological polar surface area (TPSA) is 105 Å². The molecule has 0 aliphatic heterocycles. The standard InChI is InChI=1S/C12H31N5/c13-5-1-7-15-9-3-11-17-12-4-10-16-8-2-6-14/h15-17H,1-14H2/p+5. The molecule has 0 aromatic heterocycles. The lowest BCUT2D eigenvalue weighted by atomic mass is 10.3. The third kappa shape index (κ3) is 15.8. The molecule has 0 fully saturated rings. The van der Waals surface area contributed by atoms with Crippen LogP contribution in [0.4, 0.5) is 0 Å². The normalized spacial score (nSPS) is 10.9. The summed E-state index contributed by atoms with van der Waals surface area (Å²) in [7, 11) is 0. The maximum absolute atomic E-state index is 3.85. The minimum absolute atomic E-state index is 1.08. The van der Waals surface area contributed by atoms with Crippen molar-refractivity contribution in [2.75, 3.05) is 52.4 Å². The molecule has 104 valence electrons. The van der Waals surface area contributed by atoms with Crippen molar-refractivity contribution in [3.8, 4) is 0 Å². The third-order valence-corrected chi connectivity index (χ3v) is 2.95. The van der Waals surface area contributed by atoms with Crippen molar-refractivity contribution < 1.29 is 27.4 Å². The average molecular weight is 250 g/mol. The van der Waals surface area contributed by atoms with E-state index in [1.807, 2.05) is 0 Å². The first-order chi connectivity index (χ1) is 8.41. The molecule has 0 radical (unpaired) electrons. The van der Waals surface area contributed by atoms with E-state index in [0.29, 0.717) is 0 Å². The maximum atomic E-state index is 3.85. The first-order valence-corrected chi connectivity index (χ1v) is 7.45. The van der Waals surface area contributed by atoms with Crippen molar-refractivity contribution in [1.29, 1.82) is 0 Å². The molecule has 0 atom stereocenters. The first kappa shape index (κ1) is 16.8. The van der Waals surface area contributed by atoms with E-state index < -0.39 is 0 Å². The summed E-state index contributed by atoms with van der Waals surface area (Å²) in [6, 6.07) is 0. The fourth-order valence-electron chi connectivity index (χ4n) is 1.82. The molecule has 0 aromatic carbocycles. The first-order valence-electron chi connectivity index (χ1n) is 7.45. The monoisotopic (exact) mass is 250 g/mol. The van der Waals surface area contributed by atoms with E-state index in [1.165, 1.54) is 65.0 Å². The van der Waals surface area contributed by atoms with Gasteiger partial charge in [0.2, 0.25) is 0 Å². The van der Waals surface area contributed by atoms with Gasteiger partial charge in [-0.2, -0.15) is 0 Å². The Kier molecular flexibility index (Phi) is 15.6. The van der Waals surface area contributed by atoms with Crippen LogP contribution in [0.25, 0.3) is 0 Å². The second-order valence-corrected chi connectivity index (χ2v) is 4.72. The molecule has 0 aliphatic carbocycles. The van der Waals surface area contributed by atoms with Gasteiger partial charge in [0.1, 0.15) is 0 Å². The van der Waals surface area contributed by atoms with Crippen LogP contribution in [0.3, 0.4) is 0 Å². The smallest absolute Gasteiger partial charge is 0.0809 e. The van der Waals surface area contributed by atoms with Gasteiger partial charge < -0.3 is 27.4 Å². The summed E-state index contributed by atoms with van der Waals surface area (Å²) in [5, 5.41) is 7.31. The minimum atomic E-state index is 1.08. The number of quaternary nitrogens is 5. The highest BCUT2D eigenvalue weighted by Gasteiger charge is 1.96. The Balaban J connectivity index is 2.85. The van der Waals surface area contributed by atoms with Crippen molar-refractivity contribution in [2.45, 2.75) is 25.7 Å². The molecule has 0 heterocycles. The molecule has 12 N–H and O–H groups in total. The Bertz CT molecular complexity index is 118. The lowest BCUT2D eigenvalue weighted by molar-refractivity contribution is -0.691. The lowest BCUT2D eigenvalue weighted by Gasteiger charge is -2.02. The zero-order chi connectivity index (χ0) is 12.6. The molecular weight excluding hydrogens is 214 g/mol. The molecule has 0 bridgehead atoms. The van der Waals surface area contributed by atoms with Crippen LogP contribution in [-0.4, -0.2) is 52.4 Å². The van der Waals surface area contributed by atoms with Crippen LogP contribution in [0, 0.1) is 0 Å². The number of hydrogen-bond acceptors (Lipinski definition) is 0. The predicted octanol–water partition coefficient (Wildman–Crippen LogP) is -5.28. The molecule has 0 rings (SSSR count). The van der Waals surface area contributed by atoms with E-state index in [4.69, 9.17) is 0 Å². The van der Waals surface area contributed by atoms with Gasteiger partial charge in [0.25, 0.3) is 0 Å². The fraction of sp³-hybridized carbons (Fsp3) is 1.00. The summed E-state index contributed by atoms with van der Waals surface area (Å²) in [5.41, 5.74) is 7.69. The van der Waals surface area contributed by atoms with Gasteiger partial charge in [-0.3, -0.25) is 0 Å². The Morgan fingerprint density at radius 2 is 0.765 bits per heavy atom. The molecule has 0 saturated carbocycles. The summed E-state index contributed by atoms with van der Waals surface area (Å²) in [6.45, 7) is 9.81. The number of rotatable bonds is 14. The SMILES string of the molecule is [NH3+]CCC[NH2+]CCC[NH2+]CCC[NH2+]CCC[NH3+]. The van der Waals surface area contributed by atoms with Crippen molar-refractivity contribution in [3.63, 3.8) is 0 Å². The van der Waals surface area contributed by atoms with Gasteiger partial charge in [-0.15, -0.1) is 0 Å². The van der Waals surface area contributed by atoms with Gasteiger partial charge in [-0.25, -0.2) is 0 Å². The Morgan fingerprint density at radius 1 is 0.471 bits per heavy atom. The third-order valence-electron chi connectivity index (χ3n) is 2.95. The Labute approximate surface area is 106 Å². The summed E-state index contributed by atoms with van der Waals surface area (Å²) < 4.78 is 0. The molecule has 0 saturated heterocycles. The van der Waals surface area contributed by atoms with E-state index in [2.05, 4.69) is 27.4 Å². The highest BCUT2D eigenvalue weighted by molar-refractivity contribution is 4.31. The van der Waals surface area contributed by atoms with Crippen LogP contribution in [0.15, 0.2) is 0 Å². The molecule has 0 aliphatic rings. The summed E-state index contributed by atoms with van der Waals surface area (Å²) in [6.07, 6.45) is 5.18. The average Bonchev–Trinajstić information content (AvgIpc) is 2.35. The fourth-order valence-corrected chi connectivity index (χ4v) is 1.82. The summed E-state index contributed by atoms with van der Waals surface area (Å²) in [4.78, 5) is 0. The summed E-state index contributed by atoms with van der Waals surface area (Å²) in [5.74, 6) is 0. The van der Waals surface area contributed by atoms with Gasteiger partial charge in [0.15, 0.2) is 0 Å². The molecule has 0 aromatic rings. The lowest BCUT2D eigenvalue weighted by Crippen LogP contribution is -2.90. The van der Waals surface area contributed by atoms with Crippen LogP contribution >= 0.6 is 0 Å². The van der Waals surface area contributed by atoms with Crippen molar-refractivity contribution in [2.24, 2.45) is 0 Å². The maximum Gasteiger partial charge on any atom is 0.0809 e. The second kappa shape index (κ2) is 15.8. The van der Waals surface area contributed by atoms with Crippen LogP contribution in [-0.2, 0) is 0 Å². The quantitative estimate of drug-likeness (QED) is 0.190. The minimum Gasteiger partial charge on any atom is -0.357 e. The molecule has 5 heteroatoms. The van der Waals surface area contributed by atoms with Gasteiger partial charge in [-0.1, -0.05) is 0 Å². The molecule has 0 unspecified atom stereocenters. The molecule has 0 amide bonds. The van der Waals surface area contributed by atoms with Crippen LogP contribution < -0.4 is 27.4 Å². The largest absolute Gasteiger partial charge is 0.357 e. The summed E-state index contributed by atoms with van der Waals surface area (Å²) >= 11 is 0. The van der Waals surface area contributed by atoms with Gasteiger partial charge in [0, 0.05) is 25.7 Å². The predicted molar refractivity (Wildman–Crippen MR) is 69.0 cm³/mol. The van der Waals surface area contributed by atoms with E-state index in [0.717, 1.165) is 13.1 Å². The van der Waals surface area contributed by atoms with E-state index in [-0.39, 0.29) is 0 Å². The highest BCUT2D eigenvalue weighted by Crippen LogP contribution is 1.65. The van der Waals surface area contributed by atoms with Crippen molar-refractivity contribution in [3.05, 3.63) is 0 Å². The van der Waals surface area contributed by atoms with Gasteiger partial charge >= 0.3 is 0 Å². The molecular formula is C12H36N5+5. The van der Waals surface area contributed by atoms with Crippen molar-refractivity contribution >= 4 is 0 Å². The van der Waals surface area contributed by atoms with E-state index in [1.54, 1.807) is 0 Å². The Morgan fingerprint density at radius 3 is 1.06 bits per heavy atom. The van der Waals surface area contributed by atoms with Crippen molar-refractivity contribution in [1.82, 2.24) is 0 Å². The van der Waals surface area contributed by atoms with Gasteiger partial charge in [-0.05, 0) is 0 Å².